The van der Waals surface area contributed by atoms with E-state index in [4.69, 9.17) is 38.9 Å². The third-order valence-corrected chi connectivity index (χ3v) is 2.60. The summed E-state index contributed by atoms with van der Waals surface area (Å²) in [6.45, 7) is 0.231. The van der Waals surface area contributed by atoms with E-state index < -0.39 is 12.4 Å². The highest BCUT2D eigenvalue weighted by Gasteiger charge is 2.13. The fourth-order valence-corrected chi connectivity index (χ4v) is 1.81. The van der Waals surface area contributed by atoms with Crippen LogP contribution in [0.25, 0.3) is 0 Å². The number of hydrogen-bond donors (Lipinski definition) is 5. The lowest BCUT2D eigenvalue weighted by atomic mass is 10.3. The van der Waals surface area contributed by atoms with E-state index in [0.29, 0.717) is 5.69 Å². The van der Waals surface area contributed by atoms with Crippen LogP contribution in [0, 0.1) is 0 Å². The number of hydrogen-bond acceptors (Lipinski definition) is 6. The van der Waals surface area contributed by atoms with Gasteiger partial charge in [0.15, 0.2) is 5.75 Å². The molecule has 9 heteroatoms. The topological polar surface area (TPSA) is 117 Å². The van der Waals surface area contributed by atoms with E-state index in [9.17, 15) is 9.90 Å². The summed E-state index contributed by atoms with van der Waals surface area (Å²) >= 11 is 11.9. The molecule has 0 spiro atoms. The van der Waals surface area contributed by atoms with Gasteiger partial charge in [-0.25, -0.2) is 0 Å². The standard InChI is InChI=1S/C10H13Cl2N3O4/c11-6-3-5(14-2-1-8(16)17)4-7(12)9(6)19-10(18)15-13/h3-4,10,14-15,18H,1-2,13H2,(H,16,17). The fourth-order valence-electron chi connectivity index (χ4n) is 1.23. The van der Waals surface area contributed by atoms with Crippen molar-refractivity contribution in [3.05, 3.63) is 22.2 Å². The smallest absolute Gasteiger partial charge is 0.305 e. The number of ether oxygens (including phenoxy) is 1. The zero-order valence-corrected chi connectivity index (χ0v) is 11.2. The van der Waals surface area contributed by atoms with Gasteiger partial charge < -0.3 is 20.3 Å². The van der Waals surface area contributed by atoms with Crippen molar-refractivity contribution in [1.82, 2.24) is 5.43 Å². The zero-order valence-electron chi connectivity index (χ0n) is 9.69. The Bertz CT molecular complexity index is 435. The van der Waals surface area contributed by atoms with Crippen molar-refractivity contribution in [2.45, 2.75) is 12.8 Å². The minimum atomic E-state index is -1.44. The Balaban J connectivity index is 2.75. The molecule has 0 aliphatic heterocycles. The average Bonchev–Trinajstić information content (AvgIpc) is 2.33. The molecule has 6 N–H and O–H groups in total. The van der Waals surface area contributed by atoms with E-state index >= 15 is 0 Å². The van der Waals surface area contributed by atoms with E-state index in [-0.39, 0.29) is 28.8 Å². The molecule has 19 heavy (non-hydrogen) atoms. The van der Waals surface area contributed by atoms with E-state index in [1.165, 1.54) is 12.1 Å². The third-order valence-electron chi connectivity index (χ3n) is 2.04. The summed E-state index contributed by atoms with van der Waals surface area (Å²) in [5, 5.41) is 20.8. The first-order valence-corrected chi connectivity index (χ1v) is 5.95. The average molecular weight is 310 g/mol. The highest BCUT2D eigenvalue weighted by atomic mass is 35.5. The maximum Gasteiger partial charge on any atom is 0.305 e. The van der Waals surface area contributed by atoms with Crippen LogP contribution in [0.1, 0.15) is 6.42 Å². The molecule has 0 saturated carbocycles. The van der Waals surface area contributed by atoms with Gasteiger partial charge >= 0.3 is 5.97 Å². The third kappa shape index (κ3) is 5.09. The van der Waals surface area contributed by atoms with E-state index in [1.54, 1.807) is 0 Å². The second-order valence-electron chi connectivity index (χ2n) is 3.48. The lowest BCUT2D eigenvalue weighted by Crippen LogP contribution is -2.39. The Morgan fingerprint density at radius 1 is 1.42 bits per heavy atom. The Labute approximate surface area is 119 Å². The summed E-state index contributed by atoms with van der Waals surface area (Å²) in [5.41, 5.74) is 2.50. The molecular formula is C10H13Cl2N3O4. The molecule has 0 aromatic heterocycles. The van der Waals surface area contributed by atoms with Gasteiger partial charge in [-0.1, -0.05) is 23.2 Å². The molecule has 0 saturated heterocycles. The maximum absolute atomic E-state index is 10.4. The number of aliphatic hydroxyl groups excluding tert-OH is 1. The van der Waals surface area contributed by atoms with Crippen molar-refractivity contribution >= 4 is 34.9 Å². The first kappa shape index (κ1) is 15.8. The van der Waals surface area contributed by atoms with Gasteiger partial charge in [0, 0.05) is 12.2 Å². The first-order chi connectivity index (χ1) is 8.93. The number of aliphatic carboxylic acids is 1. The number of carbonyl (C=O) groups is 1. The van der Waals surface area contributed by atoms with Crippen molar-refractivity contribution in [1.29, 1.82) is 0 Å². The molecule has 0 fully saturated rings. The number of aliphatic hydroxyl groups is 1. The largest absolute Gasteiger partial charge is 0.481 e. The Hall–Kier alpha value is -1.25. The lowest BCUT2D eigenvalue weighted by Gasteiger charge is -2.15. The molecule has 0 bridgehead atoms. The van der Waals surface area contributed by atoms with Gasteiger partial charge in [-0.05, 0) is 12.1 Å². The van der Waals surface area contributed by atoms with E-state index in [0.717, 1.165) is 0 Å². The van der Waals surface area contributed by atoms with Crippen LogP contribution in [0.4, 0.5) is 5.69 Å². The lowest BCUT2D eigenvalue weighted by molar-refractivity contribution is -0.136. The number of halogens is 2. The predicted molar refractivity (Wildman–Crippen MR) is 71.2 cm³/mol. The molecule has 1 aromatic carbocycles. The number of hydrazine groups is 1. The minimum Gasteiger partial charge on any atom is -0.481 e. The summed E-state index contributed by atoms with van der Waals surface area (Å²) in [7, 11) is 0. The molecule has 1 aromatic rings. The quantitative estimate of drug-likeness (QED) is 0.290. The van der Waals surface area contributed by atoms with Crippen LogP contribution in [-0.4, -0.2) is 29.1 Å². The van der Waals surface area contributed by atoms with Gasteiger partial charge in [0.25, 0.3) is 6.41 Å². The molecule has 0 aliphatic rings. The number of carboxylic acid groups (broad SMARTS) is 1. The van der Waals surface area contributed by atoms with E-state index in [1.807, 2.05) is 5.43 Å². The molecule has 1 rings (SSSR count). The molecule has 1 unspecified atom stereocenters. The second kappa shape index (κ2) is 7.37. The van der Waals surface area contributed by atoms with Gasteiger partial charge in [-0.2, -0.15) is 5.43 Å². The fraction of sp³-hybridized carbons (Fsp3) is 0.300. The zero-order chi connectivity index (χ0) is 14.4. The highest BCUT2D eigenvalue weighted by Crippen LogP contribution is 2.36. The van der Waals surface area contributed by atoms with Crippen molar-refractivity contribution in [2.75, 3.05) is 11.9 Å². The van der Waals surface area contributed by atoms with Gasteiger partial charge in [0.05, 0.1) is 16.5 Å². The van der Waals surface area contributed by atoms with Crippen molar-refractivity contribution in [3.63, 3.8) is 0 Å². The Kier molecular flexibility index (Phi) is 6.13. The van der Waals surface area contributed by atoms with Crippen LogP contribution in [-0.2, 0) is 4.79 Å². The van der Waals surface area contributed by atoms with Gasteiger partial charge in [-0.3, -0.25) is 10.6 Å². The van der Waals surface area contributed by atoms with E-state index in [2.05, 4.69) is 5.32 Å². The number of anilines is 1. The molecule has 1 atom stereocenters. The van der Waals surface area contributed by atoms with Crippen molar-refractivity contribution in [3.8, 4) is 5.75 Å². The SMILES string of the molecule is NNC(O)Oc1c(Cl)cc(NCCC(=O)O)cc1Cl. The maximum atomic E-state index is 10.4. The minimum absolute atomic E-state index is 0.0384. The van der Waals surface area contributed by atoms with Crippen LogP contribution in [0.2, 0.25) is 10.0 Å². The Morgan fingerprint density at radius 3 is 2.47 bits per heavy atom. The molecule has 0 amide bonds. The van der Waals surface area contributed by atoms with Crippen molar-refractivity contribution < 1.29 is 19.7 Å². The van der Waals surface area contributed by atoms with Crippen LogP contribution < -0.4 is 21.3 Å². The number of carboxylic acids is 1. The monoisotopic (exact) mass is 309 g/mol. The molecular weight excluding hydrogens is 297 g/mol. The molecule has 106 valence electrons. The van der Waals surface area contributed by atoms with Crippen LogP contribution in [0.5, 0.6) is 5.75 Å². The summed E-state index contributed by atoms with van der Waals surface area (Å²) in [6.07, 6.45) is -1.48. The molecule has 0 radical (unpaired) electrons. The molecule has 0 heterocycles. The number of benzene rings is 1. The molecule has 0 aliphatic carbocycles. The second-order valence-corrected chi connectivity index (χ2v) is 4.29. The summed E-state index contributed by atoms with van der Waals surface area (Å²) in [4.78, 5) is 10.4. The summed E-state index contributed by atoms with van der Waals surface area (Å²) < 4.78 is 4.96. The highest BCUT2D eigenvalue weighted by molar-refractivity contribution is 6.37. The number of nitrogens with two attached hydrogens (primary N) is 1. The van der Waals surface area contributed by atoms with Gasteiger partial charge in [0.2, 0.25) is 0 Å². The number of nitrogens with one attached hydrogen (secondary N) is 2. The molecule has 7 nitrogen and oxygen atoms in total. The van der Waals surface area contributed by atoms with Crippen LogP contribution in [0.15, 0.2) is 12.1 Å². The van der Waals surface area contributed by atoms with Crippen molar-refractivity contribution in [2.24, 2.45) is 5.84 Å². The van der Waals surface area contributed by atoms with Gasteiger partial charge in [-0.15, -0.1) is 0 Å². The van der Waals surface area contributed by atoms with Crippen LogP contribution >= 0.6 is 23.2 Å². The Morgan fingerprint density at radius 2 is 2.00 bits per heavy atom. The summed E-state index contributed by atoms with van der Waals surface area (Å²) in [5.74, 6) is 4.12. The van der Waals surface area contributed by atoms with Gasteiger partial charge in [0.1, 0.15) is 0 Å². The normalized spacial score (nSPS) is 12.0. The first-order valence-electron chi connectivity index (χ1n) is 5.19. The predicted octanol–water partition coefficient (Wildman–Crippen LogP) is 0.998. The number of rotatable bonds is 7. The summed E-state index contributed by atoms with van der Waals surface area (Å²) in [6, 6.07) is 2.99. The van der Waals surface area contributed by atoms with Crippen LogP contribution in [0.3, 0.4) is 0 Å².